The molecule has 3 rings (SSSR count). The van der Waals surface area contributed by atoms with E-state index >= 15 is 0 Å². The van der Waals surface area contributed by atoms with Gasteiger partial charge in [0, 0.05) is 12.0 Å². The van der Waals surface area contributed by atoms with Gasteiger partial charge in [-0.15, -0.1) is 0 Å². The molecular formula is C14H16O4. The summed E-state index contributed by atoms with van der Waals surface area (Å²) in [5.74, 6) is -0.202. The molecule has 4 heteroatoms. The first-order chi connectivity index (χ1) is 8.66. The molecule has 0 aliphatic carbocycles. The molecule has 3 aliphatic rings. The fourth-order valence-electron chi connectivity index (χ4n) is 2.98. The number of aliphatic hydroxyl groups is 1. The van der Waals surface area contributed by atoms with Crippen molar-refractivity contribution in [1.29, 1.82) is 0 Å². The lowest BCUT2D eigenvalue weighted by Gasteiger charge is -2.32. The SMILES string of the molecule is C[C@H]1[C@@H]([C@@H]2OC(=O)C=C[C@@H]2O)[C@H]2C=CC=C[C@H]1O2. The van der Waals surface area contributed by atoms with Gasteiger partial charge >= 0.3 is 5.97 Å². The molecule has 0 spiro atoms. The van der Waals surface area contributed by atoms with E-state index in [2.05, 4.69) is 6.92 Å². The highest BCUT2D eigenvalue weighted by Crippen LogP contribution is 2.40. The van der Waals surface area contributed by atoms with Gasteiger partial charge in [0.2, 0.25) is 0 Å². The van der Waals surface area contributed by atoms with Crippen LogP contribution in [0.3, 0.4) is 0 Å². The second kappa shape index (κ2) is 4.37. The van der Waals surface area contributed by atoms with E-state index < -0.39 is 18.2 Å². The number of fused-ring (bicyclic) bond motifs is 2. The van der Waals surface area contributed by atoms with Crippen LogP contribution >= 0.6 is 0 Å². The van der Waals surface area contributed by atoms with Crippen LogP contribution in [0.15, 0.2) is 36.5 Å². The lowest BCUT2D eigenvalue weighted by atomic mass is 9.80. The third-order valence-electron chi connectivity index (χ3n) is 3.93. The van der Waals surface area contributed by atoms with Crippen molar-refractivity contribution >= 4 is 5.97 Å². The Morgan fingerprint density at radius 2 is 1.89 bits per heavy atom. The molecule has 0 radical (unpaired) electrons. The zero-order valence-electron chi connectivity index (χ0n) is 10.1. The van der Waals surface area contributed by atoms with Gasteiger partial charge in [0.1, 0.15) is 12.2 Å². The summed E-state index contributed by atoms with van der Waals surface area (Å²) in [6.07, 6.45) is 9.29. The van der Waals surface area contributed by atoms with Gasteiger partial charge in [-0.3, -0.25) is 0 Å². The fraction of sp³-hybridized carbons (Fsp3) is 0.500. The zero-order chi connectivity index (χ0) is 12.7. The monoisotopic (exact) mass is 248 g/mol. The predicted molar refractivity (Wildman–Crippen MR) is 64.6 cm³/mol. The Morgan fingerprint density at radius 1 is 1.17 bits per heavy atom. The first-order valence-electron chi connectivity index (χ1n) is 6.24. The lowest BCUT2D eigenvalue weighted by Crippen LogP contribution is -2.44. The van der Waals surface area contributed by atoms with E-state index in [-0.39, 0.29) is 24.0 Å². The van der Waals surface area contributed by atoms with Gasteiger partial charge in [0.15, 0.2) is 0 Å². The average Bonchev–Trinajstić information content (AvgIpc) is 2.54. The number of aliphatic hydroxyl groups excluding tert-OH is 1. The van der Waals surface area contributed by atoms with Crippen LogP contribution in [0.4, 0.5) is 0 Å². The second-order valence-corrected chi connectivity index (χ2v) is 5.02. The highest BCUT2D eigenvalue weighted by Gasteiger charge is 2.48. The van der Waals surface area contributed by atoms with Crippen molar-refractivity contribution in [2.24, 2.45) is 11.8 Å². The molecule has 2 bridgehead atoms. The van der Waals surface area contributed by atoms with Crippen LogP contribution in [0.1, 0.15) is 6.92 Å². The van der Waals surface area contributed by atoms with Crippen LogP contribution in [-0.2, 0) is 14.3 Å². The molecule has 6 atom stereocenters. The number of allylic oxidation sites excluding steroid dienone is 2. The van der Waals surface area contributed by atoms with Crippen molar-refractivity contribution in [3.05, 3.63) is 36.5 Å². The molecule has 0 saturated carbocycles. The Labute approximate surface area is 106 Å². The molecule has 96 valence electrons. The van der Waals surface area contributed by atoms with E-state index in [1.807, 2.05) is 24.3 Å². The molecule has 3 aliphatic heterocycles. The number of hydrogen-bond donors (Lipinski definition) is 1. The third-order valence-corrected chi connectivity index (χ3v) is 3.93. The average molecular weight is 248 g/mol. The summed E-state index contributed by atoms with van der Waals surface area (Å²) in [6, 6.07) is 0. The van der Waals surface area contributed by atoms with E-state index in [4.69, 9.17) is 9.47 Å². The van der Waals surface area contributed by atoms with Gasteiger partial charge in [-0.1, -0.05) is 31.2 Å². The number of cyclic esters (lactones) is 1. The second-order valence-electron chi connectivity index (χ2n) is 5.02. The summed E-state index contributed by atoms with van der Waals surface area (Å²) >= 11 is 0. The zero-order valence-corrected chi connectivity index (χ0v) is 10.1. The summed E-state index contributed by atoms with van der Waals surface area (Å²) in [5.41, 5.74) is 0. The van der Waals surface area contributed by atoms with Crippen molar-refractivity contribution in [3.63, 3.8) is 0 Å². The molecule has 0 aromatic carbocycles. The maximum atomic E-state index is 11.3. The van der Waals surface area contributed by atoms with Gasteiger partial charge < -0.3 is 14.6 Å². The van der Waals surface area contributed by atoms with Crippen LogP contribution in [0.25, 0.3) is 0 Å². The van der Waals surface area contributed by atoms with Gasteiger partial charge in [0.05, 0.1) is 12.2 Å². The van der Waals surface area contributed by atoms with Crippen molar-refractivity contribution in [2.45, 2.75) is 31.3 Å². The Bertz CT molecular complexity index is 437. The molecule has 18 heavy (non-hydrogen) atoms. The van der Waals surface area contributed by atoms with Gasteiger partial charge in [0.25, 0.3) is 0 Å². The number of carbonyl (C=O) groups is 1. The Hall–Kier alpha value is -1.39. The summed E-state index contributed by atoms with van der Waals surface area (Å²) in [4.78, 5) is 11.3. The minimum absolute atomic E-state index is 0.0138. The normalized spacial score (nSPS) is 46.0. The van der Waals surface area contributed by atoms with Gasteiger partial charge in [-0.2, -0.15) is 0 Å². The molecule has 4 nitrogen and oxygen atoms in total. The maximum Gasteiger partial charge on any atom is 0.330 e. The minimum Gasteiger partial charge on any atom is -0.456 e. The summed E-state index contributed by atoms with van der Waals surface area (Å²) in [7, 11) is 0. The van der Waals surface area contributed by atoms with Crippen LogP contribution < -0.4 is 0 Å². The topological polar surface area (TPSA) is 55.8 Å². The first kappa shape index (κ1) is 11.7. The number of ether oxygens (including phenoxy) is 2. The summed E-state index contributed by atoms with van der Waals surface area (Å²) in [5, 5.41) is 9.99. The predicted octanol–water partition coefficient (Wildman–Crippen LogP) is 0.975. The van der Waals surface area contributed by atoms with Gasteiger partial charge in [-0.25, -0.2) is 4.79 Å². The Kier molecular flexibility index (Phi) is 2.84. The largest absolute Gasteiger partial charge is 0.456 e. The standard InChI is InChI=1S/C14H16O4/c1-8-10-4-2-3-5-11(17-10)13(8)14-9(15)6-7-12(16)18-14/h2-11,13-15H,1H3/t8-,9+,10-,11-,13-,14-/m1/s1. The fourth-order valence-corrected chi connectivity index (χ4v) is 2.98. The van der Waals surface area contributed by atoms with E-state index in [0.717, 1.165) is 0 Å². The van der Waals surface area contributed by atoms with E-state index in [9.17, 15) is 9.90 Å². The van der Waals surface area contributed by atoms with Crippen LogP contribution in [0.2, 0.25) is 0 Å². The maximum absolute atomic E-state index is 11.3. The molecule has 0 unspecified atom stereocenters. The van der Waals surface area contributed by atoms with Crippen molar-refractivity contribution in [3.8, 4) is 0 Å². The molecule has 1 fully saturated rings. The van der Waals surface area contributed by atoms with Crippen LogP contribution in [-0.4, -0.2) is 35.5 Å². The Balaban J connectivity index is 1.88. The number of carbonyl (C=O) groups excluding carboxylic acids is 1. The molecular weight excluding hydrogens is 232 g/mol. The van der Waals surface area contributed by atoms with Crippen molar-refractivity contribution in [1.82, 2.24) is 0 Å². The summed E-state index contributed by atoms with van der Waals surface area (Å²) < 4.78 is 11.2. The quantitative estimate of drug-likeness (QED) is 0.703. The number of esters is 1. The molecule has 1 saturated heterocycles. The number of rotatable bonds is 1. The smallest absolute Gasteiger partial charge is 0.330 e. The van der Waals surface area contributed by atoms with Crippen LogP contribution in [0.5, 0.6) is 0 Å². The molecule has 3 heterocycles. The van der Waals surface area contributed by atoms with E-state index in [1.54, 1.807) is 0 Å². The lowest BCUT2D eigenvalue weighted by molar-refractivity contribution is -0.155. The van der Waals surface area contributed by atoms with Crippen molar-refractivity contribution in [2.75, 3.05) is 0 Å². The molecule has 1 N–H and O–H groups in total. The first-order valence-corrected chi connectivity index (χ1v) is 6.24. The van der Waals surface area contributed by atoms with E-state index in [1.165, 1.54) is 12.2 Å². The van der Waals surface area contributed by atoms with Crippen molar-refractivity contribution < 1.29 is 19.4 Å². The van der Waals surface area contributed by atoms with Gasteiger partial charge in [-0.05, 0) is 12.0 Å². The molecule has 0 amide bonds. The highest BCUT2D eigenvalue weighted by molar-refractivity contribution is 5.83. The van der Waals surface area contributed by atoms with Crippen LogP contribution in [0, 0.1) is 11.8 Å². The Morgan fingerprint density at radius 3 is 2.67 bits per heavy atom. The minimum atomic E-state index is -0.753. The van der Waals surface area contributed by atoms with E-state index in [0.29, 0.717) is 0 Å². The third kappa shape index (κ3) is 1.82. The summed E-state index contributed by atoms with van der Waals surface area (Å²) in [6.45, 7) is 2.07. The number of hydrogen-bond acceptors (Lipinski definition) is 4. The molecule has 0 aromatic rings. The highest BCUT2D eigenvalue weighted by atomic mass is 16.6. The molecule has 0 aromatic heterocycles.